The van der Waals surface area contributed by atoms with Gasteiger partial charge in [0.15, 0.2) is 0 Å². The van der Waals surface area contributed by atoms with Crippen molar-refractivity contribution in [2.24, 2.45) is 0 Å². The van der Waals surface area contributed by atoms with E-state index in [1.165, 1.54) is 29.6 Å². The van der Waals surface area contributed by atoms with E-state index in [1.54, 1.807) is 26.0 Å². The van der Waals surface area contributed by atoms with E-state index in [4.69, 9.17) is 4.74 Å². The molecule has 2 unspecified atom stereocenters. The topological polar surface area (TPSA) is 102 Å². The Labute approximate surface area is 171 Å². The number of aliphatic hydroxyl groups is 1. The molecule has 1 amide bonds. The number of anilines is 1. The number of carbonyl (C=O) groups excluding carboxylic acids is 1. The fraction of sp³-hybridized carbons (Fsp3) is 0.300. The highest BCUT2D eigenvalue weighted by molar-refractivity contribution is 5.83. The number of nitrogens with zero attached hydrogens (tertiary/aromatic N) is 4. The zero-order valence-electron chi connectivity index (χ0n) is 16.4. The van der Waals surface area contributed by atoms with E-state index >= 15 is 0 Å². The van der Waals surface area contributed by atoms with Crippen molar-refractivity contribution in [3.05, 3.63) is 71.9 Å². The molecule has 1 aromatic carbocycles. The first-order chi connectivity index (χ1) is 14.3. The quantitative estimate of drug-likeness (QED) is 0.612. The molecule has 30 heavy (non-hydrogen) atoms. The van der Waals surface area contributed by atoms with E-state index in [0.717, 1.165) is 12.1 Å². The monoisotopic (exact) mass is 417 g/mol. The highest BCUT2D eigenvalue weighted by Crippen LogP contribution is 2.39. The number of halogens is 2. The van der Waals surface area contributed by atoms with E-state index in [0.29, 0.717) is 5.56 Å². The van der Waals surface area contributed by atoms with E-state index < -0.39 is 29.2 Å². The first kappa shape index (κ1) is 21.3. The lowest BCUT2D eigenvalue weighted by molar-refractivity contribution is -0.0112. The van der Waals surface area contributed by atoms with Crippen molar-refractivity contribution < 1.29 is 23.4 Å². The lowest BCUT2D eigenvalue weighted by Gasteiger charge is -2.35. The zero-order chi connectivity index (χ0) is 21.7. The third-order valence-corrected chi connectivity index (χ3v) is 4.78. The molecule has 0 radical (unpaired) electrons. The average molecular weight is 417 g/mol. The predicted octanol–water partition coefficient (Wildman–Crippen LogP) is 3.21. The van der Waals surface area contributed by atoms with Crippen LogP contribution in [0.25, 0.3) is 0 Å². The van der Waals surface area contributed by atoms with Crippen molar-refractivity contribution in [3.63, 3.8) is 0 Å². The number of nitrogens with one attached hydrogen (secondary N) is 1. The molecule has 0 aliphatic heterocycles. The summed E-state index contributed by atoms with van der Waals surface area (Å²) in [5, 5.41) is 18.0. The summed E-state index contributed by atoms with van der Waals surface area (Å²) in [5.41, 5.74) is -1.31. The molecular weight excluding hydrogens is 396 g/mol. The molecule has 10 heteroatoms. The van der Waals surface area contributed by atoms with E-state index in [-0.39, 0.29) is 24.5 Å². The van der Waals surface area contributed by atoms with Crippen LogP contribution in [0.2, 0.25) is 0 Å². The molecule has 0 spiro atoms. The Kier molecular flexibility index (Phi) is 6.36. The highest BCUT2D eigenvalue weighted by atomic mass is 19.1. The van der Waals surface area contributed by atoms with Crippen LogP contribution in [0.5, 0.6) is 0 Å². The van der Waals surface area contributed by atoms with Gasteiger partial charge >= 0.3 is 6.09 Å². The van der Waals surface area contributed by atoms with Gasteiger partial charge in [0.2, 0.25) is 0 Å². The highest BCUT2D eigenvalue weighted by Gasteiger charge is 2.40. The van der Waals surface area contributed by atoms with Gasteiger partial charge in [0.25, 0.3) is 0 Å². The third kappa shape index (κ3) is 4.60. The smallest absolute Gasteiger partial charge is 0.412 e. The Morgan fingerprint density at radius 3 is 2.73 bits per heavy atom. The van der Waals surface area contributed by atoms with Crippen LogP contribution in [0.15, 0.2) is 49.2 Å². The molecule has 158 valence electrons. The Balaban J connectivity index is 1.94. The number of carbonyl (C=O) groups is 1. The van der Waals surface area contributed by atoms with E-state index in [2.05, 4.69) is 20.4 Å². The minimum absolute atomic E-state index is 0.0828. The summed E-state index contributed by atoms with van der Waals surface area (Å²) in [4.78, 5) is 19.5. The number of benzene rings is 1. The molecule has 3 aromatic rings. The fourth-order valence-corrected chi connectivity index (χ4v) is 3.14. The maximum atomic E-state index is 14.6. The van der Waals surface area contributed by atoms with Gasteiger partial charge in [0, 0.05) is 23.7 Å². The maximum Gasteiger partial charge on any atom is 0.412 e. The van der Waals surface area contributed by atoms with Crippen LogP contribution in [0.3, 0.4) is 0 Å². The molecule has 2 atom stereocenters. The molecule has 3 rings (SSSR count). The van der Waals surface area contributed by atoms with Crippen LogP contribution in [0.1, 0.15) is 30.9 Å². The number of amides is 1. The molecular formula is C20H21F2N5O3. The van der Waals surface area contributed by atoms with Gasteiger partial charge in [-0.15, -0.1) is 0 Å². The van der Waals surface area contributed by atoms with Gasteiger partial charge in [-0.05, 0) is 24.6 Å². The fourth-order valence-electron chi connectivity index (χ4n) is 3.14. The molecule has 0 aliphatic carbocycles. The largest absolute Gasteiger partial charge is 0.450 e. The first-order valence-corrected chi connectivity index (χ1v) is 9.23. The van der Waals surface area contributed by atoms with Crippen LogP contribution in [-0.2, 0) is 16.9 Å². The van der Waals surface area contributed by atoms with Crippen LogP contribution in [0.4, 0.5) is 19.4 Å². The van der Waals surface area contributed by atoms with Gasteiger partial charge in [0.05, 0.1) is 13.2 Å². The summed E-state index contributed by atoms with van der Waals surface area (Å²) in [6, 6.07) is 6.20. The SMILES string of the molecule is CCOC(=O)Nc1ccc(C(C)C(O)(Cn2cncn2)c2ccc(F)cc2F)cn1. The number of hydrogen-bond donors (Lipinski definition) is 2. The van der Waals surface area contributed by atoms with Crippen LogP contribution < -0.4 is 5.32 Å². The van der Waals surface area contributed by atoms with Crippen molar-refractivity contribution in [3.8, 4) is 0 Å². The standard InChI is InChI=1S/C20H21F2N5O3/c1-3-30-19(28)26-18-7-4-14(9-24-18)13(2)20(29,10-27-12-23-11-25-27)16-6-5-15(21)8-17(16)22/h4-9,11-13,29H,3,10H2,1-2H3,(H,24,26,28). The molecule has 2 N–H and O–H groups in total. The van der Waals surface area contributed by atoms with Crippen molar-refractivity contribution in [2.45, 2.75) is 31.9 Å². The second-order valence-electron chi connectivity index (χ2n) is 6.69. The first-order valence-electron chi connectivity index (χ1n) is 9.23. The molecule has 0 fully saturated rings. The van der Waals surface area contributed by atoms with E-state index in [1.807, 2.05) is 0 Å². The second kappa shape index (κ2) is 8.95. The molecule has 0 bridgehead atoms. The van der Waals surface area contributed by atoms with Gasteiger partial charge < -0.3 is 9.84 Å². The zero-order valence-corrected chi connectivity index (χ0v) is 16.4. The minimum Gasteiger partial charge on any atom is -0.450 e. The lowest BCUT2D eigenvalue weighted by atomic mass is 9.78. The lowest BCUT2D eigenvalue weighted by Crippen LogP contribution is -2.38. The molecule has 8 nitrogen and oxygen atoms in total. The third-order valence-electron chi connectivity index (χ3n) is 4.78. The van der Waals surface area contributed by atoms with Crippen molar-refractivity contribution >= 4 is 11.9 Å². The molecule has 0 aliphatic rings. The van der Waals surface area contributed by atoms with Crippen molar-refractivity contribution in [2.75, 3.05) is 11.9 Å². The second-order valence-corrected chi connectivity index (χ2v) is 6.69. The Morgan fingerprint density at radius 1 is 1.33 bits per heavy atom. The summed E-state index contributed by atoms with van der Waals surface area (Å²) in [6.07, 6.45) is 3.51. The Morgan fingerprint density at radius 2 is 2.13 bits per heavy atom. The minimum atomic E-state index is -1.79. The van der Waals surface area contributed by atoms with Crippen molar-refractivity contribution in [1.29, 1.82) is 0 Å². The van der Waals surface area contributed by atoms with Gasteiger partial charge in [-0.3, -0.25) is 5.32 Å². The molecule has 0 saturated heterocycles. The number of ether oxygens (including phenoxy) is 1. The molecule has 2 heterocycles. The summed E-state index contributed by atoms with van der Waals surface area (Å²) in [7, 11) is 0. The number of aromatic nitrogens is 4. The van der Waals surface area contributed by atoms with Gasteiger partial charge in [-0.25, -0.2) is 28.2 Å². The van der Waals surface area contributed by atoms with Crippen LogP contribution >= 0.6 is 0 Å². The van der Waals surface area contributed by atoms with Gasteiger partial charge in [-0.2, -0.15) is 5.10 Å². The number of pyridine rings is 1. The average Bonchev–Trinajstić information content (AvgIpc) is 3.20. The number of hydrogen-bond acceptors (Lipinski definition) is 6. The predicted molar refractivity (Wildman–Crippen MR) is 104 cm³/mol. The summed E-state index contributed by atoms with van der Waals surface area (Å²) < 4.78 is 34.2. The van der Waals surface area contributed by atoms with Crippen LogP contribution in [-0.4, -0.2) is 37.6 Å². The van der Waals surface area contributed by atoms with Crippen molar-refractivity contribution in [1.82, 2.24) is 19.7 Å². The summed E-state index contributed by atoms with van der Waals surface area (Å²) in [6.45, 7) is 3.47. The Bertz CT molecular complexity index is 998. The van der Waals surface area contributed by atoms with Gasteiger partial charge in [0.1, 0.15) is 35.7 Å². The normalized spacial score (nSPS) is 14.0. The summed E-state index contributed by atoms with van der Waals surface area (Å²) >= 11 is 0. The number of rotatable bonds is 7. The summed E-state index contributed by atoms with van der Waals surface area (Å²) in [5.74, 6) is -2.04. The van der Waals surface area contributed by atoms with E-state index in [9.17, 15) is 18.7 Å². The maximum absolute atomic E-state index is 14.6. The van der Waals surface area contributed by atoms with Gasteiger partial charge in [-0.1, -0.05) is 19.1 Å². The Hall–Kier alpha value is -3.40. The van der Waals surface area contributed by atoms with Crippen LogP contribution in [0, 0.1) is 11.6 Å². The molecule has 0 saturated carbocycles. The molecule has 2 aromatic heterocycles.